The van der Waals surface area contributed by atoms with Gasteiger partial charge in [-0.1, -0.05) is 0 Å². The minimum Gasteiger partial charge on any atom is -0.337 e. The fraction of sp³-hybridized carbons (Fsp3) is 0.375. The second-order valence-corrected chi connectivity index (χ2v) is 6.14. The number of hydrogen-bond acceptors (Lipinski definition) is 4. The number of pyridine rings is 1. The molecule has 4 heterocycles. The largest absolute Gasteiger partial charge is 0.337 e. The highest BCUT2D eigenvalue weighted by Crippen LogP contribution is 2.35. The molecule has 2 amide bonds. The summed E-state index contributed by atoms with van der Waals surface area (Å²) in [6.07, 6.45) is 6.76. The Balaban J connectivity index is 1.49. The summed E-state index contributed by atoms with van der Waals surface area (Å²) in [6.45, 7) is 1.74. The zero-order valence-corrected chi connectivity index (χ0v) is 12.8. The molecule has 0 radical (unpaired) electrons. The number of amides is 2. The fourth-order valence-electron chi connectivity index (χ4n) is 3.48. The Morgan fingerprint density at radius 2 is 2.13 bits per heavy atom. The number of nitrogens with zero attached hydrogens (tertiary/aromatic N) is 5. The van der Waals surface area contributed by atoms with Crippen LogP contribution in [0.15, 0.2) is 36.9 Å². The molecule has 2 fully saturated rings. The molecular weight excluding hydrogens is 294 g/mol. The number of anilines is 1. The number of fused-ring (bicyclic) bond motifs is 1. The number of carbonyl (C=O) groups excluding carboxylic acids is 2. The molecule has 0 saturated carbocycles. The van der Waals surface area contributed by atoms with Crippen LogP contribution in [0.1, 0.15) is 10.4 Å². The first kappa shape index (κ1) is 13.9. The van der Waals surface area contributed by atoms with Crippen LogP contribution in [-0.4, -0.2) is 51.1 Å². The van der Waals surface area contributed by atoms with Crippen molar-refractivity contribution in [2.24, 2.45) is 18.9 Å². The molecule has 0 spiro atoms. The molecule has 2 saturated heterocycles. The van der Waals surface area contributed by atoms with Crippen molar-refractivity contribution >= 4 is 17.5 Å². The summed E-state index contributed by atoms with van der Waals surface area (Å²) >= 11 is 0. The molecule has 7 nitrogen and oxygen atoms in total. The lowest BCUT2D eigenvalue weighted by Gasteiger charge is -2.20. The SMILES string of the molecule is Cn1cc(N2C[C@@H]3CN(C(=O)c4cccnc4)C[C@@H]3C2=O)cn1. The van der Waals surface area contributed by atoms with Gasteiger partial charge in [-0.3, -0.25) is 19.3 Å². The Hall–Kier alpha value is -2.70. The van der Waals surface area contributed by atoms with Crippen LogP contribution in [0.25, 0.3) is 0 Å². The van der Waals surface area contributed by atoms with E-state index in [1.54, 1.807) is 45.2 Å². The zero-order chi connectivity index (χ0) is 16.0. The van der Waals surface area contributed by atoms with Crippen LogP contribution in [-0.2, 0) is 11.8 Å². The molecule has 2 aliphatic rings. The van der Waals surface area contributed by atoms with E-state index < -0.39 is 0 Å². The third kappa shape index (κ3) is 2.28. The number of carbonyl (C=O) groups is 2. The summed E-state index contributed by atoms with van der Waals surface area (Å²) in [7, 11) is 1.83. The summed E-state index contributed by atoms with van der Waals surface area (Å²) in [4.78, 5) is 32.7. The molecule has 0 unspecified atom stereocenters. The van der Waals surface area contributed by atoms with E-state index >= 15 is 0 Å². The quantitative estimate of drug-likeness (QED) is 0.812. The molecule has 0 N–H and O–H groups in total. The Labute approximate surface area is 133 Å². The highest BCUT2D eigenvalue weighted by atomic mass is 16.2. The normalized spacial score (nSPS) is 23.4. The molecule has 0 bridgehead atoms. The number of rotatable bonds is 2. The lowest BCUT2D eigenvalue weighted by molar-refractivity contribution is -0.120. The second-order valence-electron chi connectivity index (χ2n) is 6.14. The van der Waals surface area contributed by atoms with Gasteiger partial charge in [-0.15, -0.1) is 0 Å². The molecule has 2 atom stereocenters. The van der Waals surface area contributed by atoms with Crippen molar-refractivity contribution < 1.29 is 9.59 Å². The van der Waals surface area contributed by atoms with Crippen molar-refractivity contribution in [2.45, 2.75) is 0 Å². The van der Waals surface area contributed by atoms with E-state index in [0.29, 0.717) is 25.2 Å². The summed E-state index contributed by atoms with van der Waals surface area (Å²) in [5.41, 5.74) is 1.40. The number of aromatic nitrogens is 3. The van der Waals surface area contributed by atoms with Gasteiger partial charge in [0, 0.05) is 51.2 Å². The Bertz CT molecular complexity index is 757. The Morgan fingerprint density at radius 1 is 1.26 bits per heavy atom. The third-order valence-electron chi connectivity index (χ3n) is 4.64. The van der Waals surface area contributed by atoms with Crippen LogP contribution in [0, 0.1) is 11.8 Å². The highest BCUT2D eigenvalue weighted by Gasteiger charge is 2.48. The van der Waals surface area contributed by atoms with Gasteiger partial charge in [-0.2, -0.15) is 5.10 Å². The standard InChI is InChI=1S/C16H17N5O2/c1-19-9-13(6-18-19)21-8-12-7-20(10-14(12)16(21)23)15(22)11-3-2-4-17-5-11/h2-6,9,12,14H,7-8,10H2,1H3/t12-,14-/m0/s1. The van der Waals surface area contributed by atoms with Crippen molar-refractivity contribution in [1.82, 2.24) is 19.7 Å². The molecule has 2 aliphatic heterocycles. The van der Waals surface area contributed by atoms with Gasteiger partial charge in [0.15, 0.2) is 0 Å². The number of hydrogen-bond donors (Lipinski definition) is 0. The summed E-state index contributed by atoms with van der Waals surface area (Å²) in [5.74, 6) is 0.108. The monoisotopic (exact) mass is 311 g/mol. The van der Waals surface area contributed by atoms with Crippen LogP contribution < -0.4 is 4.90 Å². The lowest BCUT2D eigenvalue weighted by Crippen LogP contribution is -2.35. The number of likely N-dealkylation sites (tertiary alicyclic amines) is 1. The van der Waals surface area contributed by atoms with E-state index in [0.717, 1.165) is 5.69 Å². The Morgan fingerprint density at radius 3 is 2.78 bits per heavy atom. The minimum atomic E-state index is -0.115. The summed E-state index contributed by atoms with van der Waals surface area (Å²) in [6, 6.07) is 3.51. The average Bonchev–Trinajstić information content (AvgIpc) is 3.24. The third-order valence-corrected chi connectivity index (χ3v) is 4.64. The van der Waals surface area contributed by atoms with Crippen molar-refractivity contribution in [3.63, 3.8) is 0 Å². The molecule has 118 valence electrons. The van der Waals surface area contributed by atoms with Crippen LogP contribution in [0.5, 0.6) is 0 Å². The van der Waals surface area contributed by atoms with Gasteiger partial charge in [0.1, 0.15) is 0 Å². The van der Waals surface area contributed by atoms with Gasteiger partial charge in [0.05, 0.1) is 23.4 Å². The first-order chi connectivity index (χ1) is 11.1. The predicted molar refractivity (Wildman–Crippen MR) is 82.7 cm³/mol. The van der Waals surface area contributed by atoms with Gasteiger partial charge in [0.2, 0.25) is 5.91 Å². The van der Waals surface area contributed by atoms with Crippen molar-refractivity contribution in [3.05, 3.63) is 42.5 Å². The van der Waals surface area contributed by atoms with E-state index in [9.17, 15) is 9.59 Å². The predicted octanol–water partition coefficient (Wildman–Crippen LogP) is 0.550. The van der Waals surface area contributed by atoms with Gasteiger partial charge < -0.3 is 9.80 Å². The highest BCUT2D eigenvalue weighted by molar-refractivity contribution is 5.99. The van der Waals surface area contributed by atoms with Crippen LogP contribution in [0.3, 0.4) is 0 Å². The number of aryl methyl sites for hydroxylation is 1. The minimum absolute atomic E-state index is 0.0479. The molecule has 0 aromatic carbocycles. The molecule has 4 rings (SSSR count). The van der Waals surface area contributed by atoms with Gasteiger partial charge >= 0.3 is 0 Å². The molecule has 2 aromatic rings. The van der Waals surface area contributed by atoms with E-state index in [2.05, 4.69) is 10.1 Å². The average molecular weight is 311 g/mol. The van der Waals surface area contributed by atoms with E-state index in [1.807, 2.05) is 13.2 Å². The molecular formula is C16H17N5O2. The van der Waals surface area contributed by atoms with E-state index in [-0.39, 0.29) is 23.7 Å². The lowest BCUT2D eigenvalue weighted by atomic mass is 10.0. The van der Waals surface area contributed by atoms with Crippen molar-refractivity contribution in [3.8, 4) is 0 Å². The molecule has 7 heteroatoms. The van der Waals surface area contributed by atoms with Gasteiger partial charge in [-0.25, -0.2) is 0 Å². The maximum absolute atomic E-state index is 12.6. The van der Waals surface area contributed by atoms with Crippen LogP contribution in [0.2, 0.25) is 0 Å². The van der Waals surface area contributed by atoms with E-state index in [4.69, 9.17) is 0 Å². The maximum Gasteiger partial charge on any atom is 0.255 e. The van der Waals surface area contributed by atoms with Crippen molar-refractivity contribution in [1.29, 1.82) is 0 Å². The summed E-state index contributed by atoms with van der Waals surface area (Å²) < 4.78 is 1.69. The van der Waals surface area contributed by atoms with E-state index in [1.165, 1.54) is 0 Å². The maximum atomic E-state index is 12.6. The summed E-state index contributed by atoms with van der Waals surface area (Å²) in [5, 5.41) is 4.12. The zero-order valence-electron chi connectivity index (χ0n) is 12.8. The first-order valence-electron chi connectivity index (χ1n) is 7.63. The van der Waals surface area contributed by atoms with Gasteiger partial charge in [-0.05, 0) is 12.1 Å². The Kier molecular flexibility index (Phi) is 3.14. The van der Waals surface area contributed by atoms with Crippen LogP contribution >= 0.6 is 0 Å². The fourth-order valence-corrected chi connectivity index (χ4v) is 3.48. The first-order valence-corrected chi connectivity index (χ1v) is 7.63. The molecule has 2 aromatic heterocycles. The van der Waals surface area contributed by atoms with Crippen molar-refractivity contribution in [2.75, 3.05) is 24.5 Å². The van der Waals surface area contributed by atoms with Gasteiger partial charge in [0.25, 0.3) is 5.91 Å². The molecule has 0 aliphatic carbocycles. The smallest absolute Gasteiger partial charge is 0.255 e. The van der Waals surface area contributed by atoms with Crippen LogP contribution in [0.4, 0.5) is 5.69 Å². The second kappa shape index (κ2) is 5.19. The molecule has 23 heavy (non-hydrogen) atoms. The topological polar surface area (TPSA) is 71.3 Å².